The number of hydrogen-bond acceptors (Lipinski definition) is 3. The molecule has 2 rings (SSSR count). The van der Waals surface area contributed by atoms with E-state index in [4.69, 9.17) is 0 Å². The molecule has 0 radical (unpaired) electrons. The van der Waals surface area contributed by atoms with Crippen LogP contribution in [0.5, 0.6) is 5.75 Å². The molecule has 3 nitrogen and oxygen atoms in total. The van der Waals surface area contributed by atoms with Gasteiger partial charge in [0.2, 0.25) is 5.91 Å². The normalized spacial score (nSPS) is 19.7. The van der Waals surface area contributed by atoms with Gasteiger partial charge in [-0.2, -0.15) is 0 Å². The first-order chi connectivity index (χ1) is 7.66. The van der Waals surface area contributed by atoms with Crippen molar-refractivity contribution in [2.45, 2.75) is 25.0 Å². The third kappa shape index (κ3) is 2.50. The summed E-state index contributed by atoms with van der Waals surface area (Å²) in [6.45, 7) is 1.81. The van der Waals surface area contributed by atoms with Gasteiger partial charge in [-0.05, 0) is 49.3 Å². The van der Waals surface area contributed by atoms with Crippen LogP contribution in [0.25, 0.3) is 0 Å². The molecular weight excluding hydrogens is 222 g/mol. The molecule has 1 saturated heterocycles. The molecule has 0 spiro atoms. The topological polar surface area (TPSA) is 49.3 Å². The van der Waals surface area contributed by atoms with Crippen molar-refractivity contribution in [2.24, 2.45) is 0 Å². The van der Waals surface area contributed by atoms with Crippen LogP contribution in [0.4, 0.5) is 5.69 Å². The summed E-state index contributed by atoms with van der Waals surface area (Å²) in [6.07, 6.45) is 2.09. The van der Waals surface area contributed by atoms with Crippen LogP contribution >= 0.6 is 11.8 Å². The number of anilines is 1. The third-order valence-electron chi connectivity index (χ3n) is 2.69. The van der Waals surface area contributed by atoms with Crippen LogP contribution in [0, 0.1) is 6.92 Å². The summed E-state index contributed by atoms with van der Waals surface area (Å²) >= 11 is 1.72. The van der Waals surface area contributed by atoms with Crippen LogP contribution in [0.3, 0.4) is 0 Å². The van der Waals surface area contributed by atoms with E-state index in [1.54, 1.807) is 30.0 Å². The fraction of sp³-hybridized carbons (Fsp3) is 0.417. The second kappa shape index (κ2) is 4.78. The van der Waals surface area contributed by atoms with Crippen LogP contribution in [-0.4, -0.2) is 22.0 Å². The number of amides is 1. The van der Waals surface area contributed by atoms with Crippen molar-refractivity contribution in [3.05, 3.63) is 23.8 Å². The number of carbonyl (C=O) groups excluding carboxylic acids is 1. The van der Waals surface area contributed by atoms with Gasteiger partial charge >= 0.3 is 0 Å². The van der Waals surface area contributed by atoms with Crippen molar-refractivity contribution in [1.29, 1.82) is 0 Å². The summed E-state index contributed by atoms with van der Waals surface area (Å²) in [5, 5.41) is 12.3. The molecule has 86 valence electrons. The number of phenolic OH excluding ortho intramolecular Hbond substituents is 1. The smallest absolute Gasteiger partial charge is 0.237 e. The van der Waals surface area contributed by atoms with Crippen LogP contribution in [0.15, 0.2) is 18.2 Å². The standard InChI is InChI=1S/C12H15NO2S/c1-8-7-9(4-5-10(8)14)13-12(15)11-3-2-6-16-11/h4-5,7,11,14H,2-3,6H2,1H3,(H,13,15). The van der Waals surface area contributed by atoms with E-state index in [-0.39, 0.29) is 16.9 Å². The highest BCUT2D eigenvalue weighted by molar-refractivity contribution is 8.00. The molecule has 1 aromatic rings. The number of thioether (sulfide) groups is 1. The SMILES string of the molecule is Cc1cc(NC(=O)C2CCCS2)ccc1O. The van der Waals surface area contributed by atoms with Gasteiger partial charge in [-0.1, -0.05) is 0 Å². The Morgan fingerprint density at radius 2 is 2.38 bits per heavy atom. The maximum Gasteiger partial charge on any atom is 0.237 e. The predicted molar refractivity (Wildman–Crippen MR) is 67.0 cm³/mol. The number of nitrogens with one attached hydrogen (secondary N) is 1. The highest BCUT2D eigenvalue weighted by Crippen LogP contribution is 2.28. The fourth-order valence-electron chi connectivity index (χ4n) is 1.74. The van der Waals surface area contributed by atoms with E-state index >= 15 is 0 Å². The summed E-state index contributed by atoms with van der Waals surface area (Å²) in [6, 6.07) is 5.11. The molecule has 0 aromatic heterocycles. The molecule has 1 aliphatic rings. The first-order valence-electron chi connectivity index (χ1n) is 5.39. The van der Waals surface area contributed by atoms with Gasteiger partial charge in [-0.25, -0.2) is 0 Å². The zero-order chi connectivity index (χ0) is 11.5. The second-order valence-corrected chi connectivity index (χ2v) is 5.30. The Bertz CT molecular complexity index is 400. The van der Waals surface area contributed by atoms with E-state index < -0.39 is 0 Å². The Labute approximate surface area is 99.2 Å². The lowest BCUT2D eigenvalue weighted by atomic mass is 10.2. The quantitative estimate of drug-likeness (QED) is 0.777. The van der Waals surface area contributed by atoms with E-state index in [9.17, 15) is 9.90 Å². The molecule has 4 heteroatoms. The van der Waals surface area contributed by atoms with E-state index in [2.05, 4.69) is 5.32 Å². The largest absolute Gasteiger partial charge is 0.508 e. The average Bonchev–Trinajstić information content (AvgIpc) is 2.77. The Hall–Kier alpha value is -1.16. The van der Waals surface area contributed by atoms with Gasteiger partial charge in [0.15, 0.2) is 0 Å². The number of aromatic hydroxyl groups is 1. The third-order valence-corrected chi connectivity index (χ3v) is 4.06. The minimum absolute atomic E-state index is 0.0765. The highest BCUT2D eigenvalue weighted by Gasteiger charge is 2.23. The Morgan fingerprint density at radius 1 is 1.56 bits per heavy atom. The predicted octanol–water partition coefficient (Wildman–Crippen LogP) is 2.53. The monoisotopic (exact) mass is 237 g/mol. The van der Waals surface area contributed by atoms with Gasteiger partial charge in [0.25, 0.3) is 0 Å². The van der Waals surface area contributed by atoms with Gasteiger partial charge in [0.05, 0.1) is 5.25 Å². The minimum Gasteiger partial charge on any atom is -0.508 e. The first kappa shape index (κ1) is 11.3. The Morgan fingerprint density at radius 3 is 3.00 bits per heavy atom. The van der Waals surface area contributed by atoms with Crippen LogP contribution in [0.1, 0.15) is 18.4 Å². The van der Waals surface area contributed by atoms with Gasteiger partial charge < -0.3 is 10.4 Å². The fourth-order valence-corrected chi connectivity index (χ4v) is 2.90. The van der Waals surface area contributed by atoms with E-state index in [1.807, 2.05) is 6.92 Å². The van der Waals surface area contributed by atoms with Gasteiger partial charge in [0.1, 0.15) is 5.75 Å². The molecule has 1 fully saturated rings. The molecule has 1 unspecified atom stereocenters. The lowest BCUT2D eigenvalue weighted by Crippen LogP contribution is -2.22. The number of aryl methyl sites for hydroxylation is 1. The van der Waals surface area contributed by atoms with Gasteiger partial charge in [0, 0.05) is 5.69 Å². The molecule has 1 aliphatic heterocycles. The summed E-state index contributed by atoms with van der Waals surface area (Å²) in [5.74, 6) is 1.41. The van der Waals surface area contributed by atoms with Crippen LogP contribution < -0.4 is 5.32 Å². The van der Waals surface area contributed by atoms with Gasteiger partial charge in [-0.15, -0.1) is 11.8 Å². The molecule has 2 N–H and O–H groups in total. The molecule has 0 aliphatic carbocycles. The number of benzene rings is 1. The maximum absolute atomic E-state index is 11.8. The lowest BCUT2D eigenvalue weighted by Gasteiger charge is -2.10. The Balaban J connectivity index is 2.02. The lowest BCUT2D eigenvalue weighted by molar-refractivity contribution is -0.115. The van der Waals surface area contributed by atoms with Crippen molar-refractivity contribution in [3.63, 3.8) is 0 Å². The second-order valence-electron chi connectivity index (χ2n) is 3.99. The molecule has 1 atom stereocenters. The molecule has 0 saturated carbocycles. The first-order valence-corrected chi connectivity index (χ1v) is 6.44. The van der Waals surface area contributed by atoms with Crippen molar-refractivity contribution >= 4 is 23.4 Å². The van der Waals surface area contributed by atoms with Crippen LogP contribution in [-0.2, 0) is 4.79 Å². The summed E-state index contributed by atoms with van der Waals surface area (Å²) in [7, 11) is 0. The molecule has 1 aromatic carbocycles. The maximum atomic E-state index is 11.8. The zero-order valence-corrected chi connectivity index (χ0v) is 10.0. The number of phenols is 1. The van der Waals surface area contributed by atoms with Crippen molar-refractivity contribution in [2.75, 3.05) is 11.1 Å². The number of hydrogen-bond donors (Lipinski definition) is 2. The van der Waals surface area contributed by atoms with Crippen molar-refractivity contribution < 1.29 is 9.90 Å². The number of rotatable bonds is 2. The average molecular weight is 237 g/mol. The summed E-state index contributed by atoms with van der Waals surface area (Å²) < 4.78 is 0. The highest BCUT2D eigenvalue weighted by atomic mass is 32.2. The summed E-state index contributed by atoms with van der Waals surface area (Å²) in [4.78, 5) is 11.8. The molecular formula is C12H15NO2S. The Kier molecular flexibility index (Phi) is 3.39. The van der Waals surface area contributed by atoms with E-state index in [0.29, 0.717) is 0 Å². The van der Waals surface area contributed by atoms with E-state index in [1.165, 1.54) is 0 Å². The van der Waals surface area contributed by atoms with Gasteiger partial charge in [-0.3, -0.25) is 4.79 Å². The molecule has 1 amide bonds. The zero-order valence-electron chi connectivity index (χ0n) is 9.19. The summed E-state index contributed by atoms with van der Waals surface area (Å²) in [5.41, 5.74) is 1.53. The molecule has 16 heavy (non-hydrogen) atoms. The molecule has 1 heterocycles. The number of carbonyl (C=O) groups is 1. The van der Waals surface area contributed by atoms with Crippen molar-refractivity contribution in [1.82, 2.24) is 0 Å². The van der Waals surface area contributed by atoms with Crippen LogP contribution in [0.2, 0.25) is 0 Å². The minimum atomic E-state index is 0.0765. The molecule has 0 bridgehead atoms. The van der Waals surface area contributed by atoms with E-state index in [0.717, 1.165) is 29.8 Å². The van der Waals surface area contributed by atoms with Crippen molar-refractivity contribution in [3.8, 4) is 5.75 Å².